The molecule has 0 aliphatic heterocycles. The zero-order chi connectivity index (χ0) is 16.4. The van der Waals surface area contributed by atoms with Crippen LogP contribution in [0.5, 0.6) is 11.5 Å². The number of carbonyl (C=O) groups excluding carboxylic acids is 1. The molecule has 0 radical (unpaired) electrons. The Morgan fingerprint density at radius 1 is 1.04 bits per heavy atom. The van der Waals surface area contributed by atoms with Crippen LogP contribution in [0.4, 0.5) is 0 Å². The number of rotatable bonds is 3. The van der Waals surface area contributed by atoms with Gasteiger partial charge in [0.15, 0.2) is 11.5 Å². The average Bonchev–Trinajstić information content (AvgIpc) is 2.61. The summed E-state index contributed by atoms with van der Waals surface area (Å²) >= 11 is 0. The van der Waals surface area contributed by atoms with Gasteiger partial charge in [-0.15, -0.1) is 0 Å². The highest BCUT2D eigenvalue weighted by Crippen LogP contribution is 2.27. The molecule has 0 saturated carbocycles. The highest BCUT2D eigenvalue weighted by atomic mass is 16.5. The van der Waals surface area contributed by atoms with E-state index in [0.717, 1.165) is 4.68 Å². The zero-order valence-corrected chi connectivity index (χ0v) is 12.6. The van der Waals surface area contributed by atoms with Crippen molar-refractivity contribution in [2.45, 2.75) is 0 Å². The second-order valence-electron chi connectivity index (χ2n) is 4.82. The van der Waals surface area contributed by atoms with E-state index in [2.05, 4.69) is 5.10 Å². The van der Waals surface area contributed by atoms with Gasteiger partial charge in [0.2, 0.25) is 0 Å². The maximum Gasteiger partial charge on any atom is 0.282 e. The van der Waals surface area contributed by atoms with Crippen LogP contribution in [-0.2, 0) is 0 Å². The van der Waals surface area contributed by atoms with Gasteiger partial charge in [-0.1, -0.05) is 18.2 Å². The molecule has 0 fully saturated rings. The van der Waals surface area contributed by atoms with Gasteiger partial charge in [-0.3, -0.25) is 9.59 Å². The van der Waals surface area contributed by atoms with Crippen LogP contribution in [0.1, 0.15) is 10.4 Å². The van der Waals surface area contributed by atoms with Crippen LogP contribution in [0.15, 0.2) is 53.5 Å². The fourth-order valence-corrected chi connectivity index (χ4v) is 2.33. The quantitative estimate of drug-likeness (QED) is 0.741. The van der Waals surface area contributed by atoms with Crippen molar-refractivity contribution in [3.05, 3.63) is 64.6 Å². The third-order valence-corrected chi connectivity index (χ3v) is 3.52. The molecule has 23 heavy (non-hydrogen) atoms. The first-order chi connectivity index (χ1) is 11.2. The van der Waals surface area contributed by atoms with Crippen molar-refractivity contribution in [1.82, 2.24) is 9.78 Å². The van der Waals surface area contributed by atoms with E-state index in [0.29, 0.717) is 22.3 Å². The van der Waals surface area contributed by atoms with Crippen LogP contribution < -0.4 is 15.0 Å². The van der Waals surface area contributed by atoms with E-state index in [4.69, 9.17) is 9.47 Å². The van der Waals surface area contributed by atoms with Crippen molar-refractivity contribution in [2.75, 3.05) is 14.2 Å². The van der Waals surface area contributed by atoms with Gasteiger partial charge in [0, 0.05) is 10.9 Å². The molecule has 6 heteroatoms. The molecule has 116 valence electrons. The molecule has 0 aliphatic carbocycles. The minimum atomic E-state index is -0.526. The largest absolute Gasteiger partial charge is 0.493 e. The number of fused-ring (bicyclic) bond motifs is 1. The number of ether oxygens (including phenoxy) is 2. The van der Waals surface area contributed by atoms with Crippen LogP contribution in [0.25, 0.3) is 10.8 Å². The first-order valence-corrected chi connectivity index (χ1v) is 6.89. The molecule has 0 atom stereocenters. The molecule has 0 amide bonds. The Kier molecular flexibility index (Phi) is 3.80. The monoisotopic (exact) mass is 310 g/mol. The van der Waals surface area contributed by atoms with E-state index >= 15 is 0 Å². The number of nitrogens with zero attached hydrogens (tertiary/aromatic N) is 2. The molecule has 0 saturated heterocycles. The van der Waals surface area contributed by atoms with E-state index in [9.17, 15) is 9.59 Å². The lowest BCUT2D eigenvalue weighted by molar-refractivity contribution is 0.0939. The molecule has 3 aromatic rings. The van der Waals surface area contributed by atoms with Crippen molar-refractivity contribution in [2.24, 2.45) is 0 Å². The summed E-state index contributed by atoms with van der Waals surface area (Å²) in [5.41, 5.74) is -0.171. The molecule has 0 aliphatic rings. The van der Waals surface area contributed by atoms with E-state index < -0.39 is 11.5 Å². The van der Waals surface area contributed by atoms with E-state index in [1.165, 1.54) is 26.5 Å². The molecule has 0 unspecified atom stereocenters. The number of hydrogen-bond acceptors (Lipinski definition) is 5. The molecule has 0 bridgehead atoms. The van der Waals surface area contributed by atoms with Gasteiger partial charge in [-0.25, -0.2) is 0 Å². The second kappa shape index (κ2) is 5.92. The second-order valence-corrected chi connectivity index (χ2v) is 4.82. The molecule has 1 heterocycles. The summed E-state index contributed by atoms with van der Waals surface area (Å²) in [5, 5.41) is 5.09. The van der Waals surface area contributed by atoms with Gasteiger partial charge in [0.05, 0.1) is 25.8 Å². The van der Waals surface area contributed by atoms with E-state index in [1.54, 1.807) is 30.3 Å². The van der Waals surface area contributed by atoms with Crippen LogP contribution in [0, 0.1) is 0 Å². The molecular weight excluding hydrogens is 296 g/mol. The predicted molar refractivity (Wildman–Crippen MR) is 85.3 cm³/mol. The number of methoxy groups -OCH3 is 2. The minimum absolute atomic E-state index is 0.285. The summed E-state index contributed by atoms with van der Waals surface area (Å²) < 4.78 is 11.2. The van der Waals surface area contributed by atoms with Gasteiger partial charge in [0.25, 0.3) is 11.5 Å². The van der Waals surface area contributed by atoms with Gasteiger partial charge in [-0.05, 0) is 24.3 Å². The summed E-state index contributed by atoms with van der Waals surface area (Å²) in [4.78, 5) is 25.0. The lowest BCUT2D eigenvalue weighted by atomic mass is 10.1. The summed E-state index contributed by atoms with van der Waals surface area (Å²) in [6.07, 6.45) is 1.50. The lowest BCUT2D eigenvalue weighted by Gasteiger charge is -2.09. The molecule has 3 rings (SSSR count). The Hall–Kier alpha value is -3.15. The van der Waals surface area contributed by atoms with Crippen molar-refractivity contribution in [1.29, 1.82) is 0 Å². The third-order valence-electron chi connectivity index (χ3n) is 3.52. The Balaban J connectivity index is 2.11. The fraction of sp³-hybridized carbons (Fsp3) is 0.118. The number of benzene rings is 2. The maximum absolute atomic E-state index is 12.6. The van der Waals surface area contributed by atoms with Crippen molar-refractivity contribution < 1.29 is 14.3 Å². The van der Waals surface area contributed by atoms with Crippen LogP contribution >= 0.6 is 0 Å². The summed E-state index contributed by atoms with van der Waals surface area (Å²) in [6, 6.07) is 11.7. The summed E-state index contributed by atoms with van der Waals surface area (Å²) in [5.74, 6) is 0.386. The number of carbonyl (C=O) groups is 1. The first kappa shape index (κ1) is 14.8. The first-order valence-electron chi connectivity index (χ1n) is 6.89. The Bertz CT molecular complexity index is 947. The van der Waals surface area contributed by atoms with Crippen molar-refractivity contribution in [3.63, 3.8) is 0 Å². The van der Waals surface area contributed by atoms with Crippen LogP contribution in [-0.4, -0.2) is 29.9 Å². The Labute approximate surface area is 131 Å². The molecule has 0 N–H and O–H groups in total. The topological polar surface area (TPSA) is 70.4 Å². The van der Waals surface area contributed by atoms with Gasteiger partial charge < -0.3 is 9.47 Å². The van der Waals surface area contributed by atoms with Crippen LogP contribution in [0.3, 0.4) is 0 Å². The molecular formula is C17H14N2O4. The molecule has 0 spiro atoms. The SMILES string of the molecule is COc1ccc(C(=O)n2ncc3ccccc3c2=O)cc1OC. The van der Waals surface area contributed by atoms with Crippen molar-refractivity contribution >= 4 is 16.7 Å². The number of hydrogen-bond donors (Lipinski definition) is 0. The average molecular weight is 310 g/mol. The van der Waals surface area contributed by atoms with Gasteiger partial charge >= 0.3 is 0 Å². The predicted octanol–water partition coefficient (Wildman–Crippen LogP) is 2.10. The summed E-state index contributed by atoms with van der Waals surface area (Å²) in [6.45, 7) is 0. The van der Waals surface area contributed by atoms with Crippen LogP contribution in [0.2, 0.25) is 0 Å². The minimum Gasteiger partial charge on any atom is -0.493 e. The van der Waals surface area contributed by atoms with Crippen molar-refractivity contribution in [3.8, 4) is 11.5 Å². The lowest BCUT2D eigenvalue weighted by Crippen LogP contribution is -2.29. The molecule has 2 aromatic carbocycles. The molecule has 1 aromatic heterocycles. The smallest absolute Gasteiger partial charge is 0.282 e. The normalized spacial score (nSPS) is 10.5. The van der Waals surface area contributed by atoms with Gasteiger partial charge in [-0.2, -0.15) is 9.78 Å². The zero-order valence-electron chi connectivity index (χ0n) is 12.6. The highest BCUT2D eigenvalue weighted by molar-refractivity contribution is 5.97. The fourth-order valence-electron chi connectivity index (χ4n) is 2.33. The molecule has 6 nitrogen and oxygen atoms in total. The van der Waals surface area contributed by atoms with Gasteiger partial charge in [0.1, 0.15) is 0 Å². The maximum atomic E-state index is 12.6. The Morgan fingerprint density at radius 3 is 2.52 bits per heavy atom. The van der Waals surface area contributed by atoms with E-state index in [-0.39, 0.29) is 5.56 Å². The standard InChI is InChI=1S/C17H14N2O4/c1-22-14-8-7-11(9-15(14)23-2)16(20)19-17(21)13-6-4-3-5-12(13)10-18-19/h3-10H,1-2H3. The third kappa shape index (κ3) is 2.55. The van der Waals surface area contributed by atoms with E-state index in [1.807, 2.05) is 6.07 Å². The summed E-state index contributed by atoms with van der Waals surface area (Å²) in [7, 11) is 2.99. The number of aromatic nitrogens is 2. The Morgan fingerprint density at radius 2 is 1.78 bits per heavy atom. The highest BCUT2D eigenvalue weighted by Gasteiger charge is 2.16.